The molecule has 3 aromatic rings. The molecule has 0 saturated carbocycles. The van der Waals surface area contributed by atoms with E-state index in [9.17, 15) is 9.59 Å². The molecule has 5 heteroatoms. The summed E-state index contributed by atoms with van der Waals surface area (Å²) in [4.78, 5) is 24.3. The van der Waals surface area contributed by atoms with E-state index in [0.717, 1.165) is 34.5 Å². The molecule has 0 aromatic heterocycles. The summed E-state index contributed by atoms with van der Waals surface area (Å²) < 4.78 is 5.86. The van der Waals surface area contributed by atoms with E-state index in [4.69, 9.17) is 4.74 Å². The van der Waals surface area contributed by atoms with E-state index in [0.29, 0.717) is 25.9 Å². The molecule has 2 N–H and O–H groups in total. The van der Waals surface area contributed by atoms with E-state index in [2.05, 4.69) is 10.6 Å². The highest BCUT2D eigenvalue weighted by Crippen LogP contribution is 2.29. The monoisotopic (exact) mass is 428 g/mol. The molecular weight excluding hydrogens is 400 g/mol. The number of ether oxygens (including phenoxy) is 1. The maximum atomic E-state index is 12.8. The highest BCUT2D eigenvalue weighted by atomic mass is 16.5. The minimum atomic E-state index is -0.608. The van der Waals surface area contributed by atoms with E-state index in [1.165, 1.54) is 0 Å². The smallest absolute Gasteiger partial charge is 0.224 e. The van der Waals surface area contributed by atoms with Crippen molar-refractivity contribution in [3.63, 3.8) is 0 Å². The highest BCUT2D eigenvalue weighted by Gasteiger charge is 2.30. The number of amides is 2. The second kappa shape index (κ2) is 9.69. The van der Waals surface area contributed by atoms with E-state index >= 15 is 0 Å². The SMILES string of the molecule is CC(NC(=O)CCCOc1ccc2c(c1)CCC(=O)N2)(c1ccccc1)c1ccccc1. The summed E-state index contributed by atoms with van der Waals surface area (Å²) in [5.41, 5.74) is 3.41. The van der Waals surface area contributed by atoms with Gasteiger partial charge in [-0.1, -0.05) is 60.7 Å². The van der Waals surface area contributed by atoms with Crippen molar-refractivity contribution in [2.24, 2.45) is 0 Å². The summed E-state index contributed by atoms with van der Waals surface area (Å²) in [5.74, 6) is 0.797. The lowest BCUT2D eigenvalue weighted by molar-refractivity contribution is -0.122. The molecule has 0 radical (unpaired) electrons. The van der Waals surface area contributed by atoms with Crippen molar-refractivity contribution in [2.45, 2.75) is 38.1 Å². The Morgan fingerprint density at radius 2 is 1.62 bits per heavy atom. The Labute approximate surface area is 188 Å². The summed E-state index contributed by atoms with van der Waals surface area (Å²) in [7, 11) is 0. The number of rotatable bonds is 8. The quantitative estimate of drug-likeness (QED) is 0.506. The third-order valence-corrected chi connectivity index (χ3v) is 5.88. The van der Waals surface area contributed by atoms with Gasteiger partial charge >= 0.3 is 0 Å². The van der Waals surface area contributed by atoms with Gasteiger partial charge in [-0.2, -0.15) is 0 Å². The third-order valence-electron chi connectivity index (χ3n) is 5.88. The van der Waals surface area contributed by atoms with Crippen LogP contribution in [0.15, 0.2) is 78.9 Å². The molecule has 2 amide bonds. The van der Waals surface area contributed by atoms with E-state index < -0.39 is 5.54 Å². The second-order valence-electron chi connectivity index (χ2n) is 8.22. The van der Waals surface area contributed by atoms with Crippen molar-refractivity contribution in [3.8, 4) is 5.75 Å². The largest absolute Gasteiger partial charge is 0.494 e. The average Bonchev–Trinajstić information content (AvgIpc) is 2.83. The van der Waals surface area contributed by atoms with Crippen LogP contribution in [0.1, 0.15) is 42.9 Å². The van der Waals surface area contributed by atoms with Crippen molar-refractivity contribution < 1.29 is 14.3 Å². The molecule has 0 spiro atoms. The highest BCUT2D eigenvalue weighted by molar-refractivity contribution is 5.94. The predicted octanol–water partition coefficient (Wildman–Crippen LogP) is 4.81. The normalized spacial score (nSPS) is 13.1. The third kappa shape index (κ3) is 4.99. The fourth-order valence-electron chi connectivity index (χ4n) is 4.07. The first-order valence-electron chi connectivity index (χ1n) is 11.0. The fourth-order valence-corrected chi connectivity index (χ4v) is 4.07. The van der Waals surface area contributed by atoms with E-state index in [1.807, 2.05) is 85.8 Å². The second-order valence-corrected chi connectivity index (χ2v) is 8.22. The molecule has 0 atom stereocenters. The van der Waals surface area contributed by atoms with Gasteiger partial charge in [0.05, 0.1) is 12.1 Å². The zero-order valence-corrected chi connectivity index (χ0v) is 18.3. The van der Waals surface area contributed by atoms with Gasteiger partial charge in [0.1, 0.15) is 5.75 Å². The lowest BCUT2D eigenvalue weighted by Crippen LogP contribution is -2.44. The number of fused-ring (bicyclic) bond motifs is 1. The zero-order valence-electron chi connectivity index (χ0n) is 18.3. The number of hydrogen-bond acceptors (Lipinski definition) is 3. The van der Waals surface area contributed by atoms with Gasteiger partial charge < -0.3 is 15.4 Å². The maximum Gasteiger partial charge on any atom is 0.224 e. The average molecular weight is 429 g/mol. The predicted molar refractivity (Wildman–Crippen MR) is 126 cm³/mol. The summed E-state index contributed by atoms with van der Waals surface area (Å²) in [6.07, 6.45) is 2.20. The number of carbonyl (C=O) groups is 2. The number of aryl methyl sites for hydroxylation is 1. The Morgan fingerprint density at radius 3 is 2.28 bits per heavy atom. The minimum absolute atomic E-state index is 0.0167. The van der Waals surface area contributed by atoms with Crippen LogP contribution in [-0.2, 0) is 21.5 Å². The standard InChI is InChI=1S/C27H28N2O3/c1-27(21-9-4-2-5-10-21,22-11-6-3-7-12-22)29-26(31)13-8-18-32-23-15-16-24-20(19-23)14-17-25(30)28-24/h2-7,9-12,15-16,19H,8,13-14,17-18H2,1H3,(H,28,30)(H,29,31). The summed E-state index contributed by atoms with van der Waals surface area (Å²) in [5, 5.41) is 6.11. The van der Waals surface area contributed by atoms with Crippen LogP contribution in [0.5, 0.6) is 5.75 Å². The van der Waals surface area contributed by atoms with Crippen molar-refractivity contribution in [2.75, 3.05) is 11.9 Å². The Morgan fingerprint density at radius 1 is 0.969 bits per heavy atom. The molecule has 1 aliphatic heterocycles. The summed E-state index contributed by atoms with van der Waals surface area (Å²) in [6.45, 7) is 2.49. The topological polar surface area (TPSA) is 67.4 Å². The molecule has 0 unspecified atom stereocenters. The van der Waals surface area contributed by atoms with Crippen LogP contribution in [0.2, 0.25) is 0 Å². The molecule has 1 aliphatic rings. The summed E-state index contributed by atoms with van der Waals surface area (Å²) in [6, 6.07) is 25.7. The van der Waals surface area contributed by atoms with Gasteiger partial charge in [0, 0.05) is 18.5 Å². The van der Waals surface area contributed by atoms with Crippen molar-refractivity contribution in [3.05, 3.63) is 95.6 Å². The minimum Gasteiger partial charge on any atom is -0.494 e. The van der Waals surface area contributed by atoms with Gasteiger partial charge in [-0.3, -0.25) is 9.59 Å². The van der Waals surface area contributed by atoms with Gasteiger partial charge in [-0.05, 0) is 54.7 Å². The van der Waals surface area contributed by atoms with Crippen LogP contribution in [0.4, 0.5) is 5.69 Å². The van der Waals surface area contributed by atoms with Crippen LogP contribution < -0.4 is 15.4 Å². The number of carbonyl (C=O) groups excluding carboxylic acids is 2. The van der Waals surface area contributed by atoms with Crippen LogP contribution in [0, 0.1) is 0 Å². The number of benzene rings is 3. The molecule has 5 nitrogen and oxygen atoms in total. The summed E-state index contributed by atoms with van der Waals surface area (Å²) >= 11 is 0. The number of hydrogen-bond donors (Lipinski definition) is 2. The Kier molecular flexibility index (Phi) is 6.55. The van der Waals surface area contributed by atoms with Gasteiger partial charge in [-0.25, -0.2) is 0 Å². The molecular formula is C27H28N2O3. The molecule has 4 rings (SSSR count). The lowest BCUT2D eigenvalue weighted by atomic mass is 9.84. The lowest BCUT2D eigenvalue weighted by Gasteiger charge is -2.32. The van der Waals surface area contributed by atoms with Crippen LogP contribution in [0.25, 0.3) is 0 Å². The Hall–Kier alpha value is -3.60. The van der Waals surface area contributed by atoms with E-state index in [-0.39, 0.29) is 11.8 Å². The molecule has 164 valence electrons. The van der Waals surface area contributed by atoms with Gasteiger partial charge in [0.15, 0.2) is 0 Å². The molecule has 3 aromatic carbocycles. The van der Waals surface area contributed by atoms with Crippen LogP contribution >= 0.6 is 0 Å². The zero-order chi connectivity index (χ0) is 22.4. The maximum absolute atomic E-state index is 12.8. The first-order valence-corrected chi connectivity index (χ1v) is 11.0. The molecule has 1 heterocycles. The van der Waals surface area contributed by atoms with Crippen LogP contribution in [-0.4, -0.2) is 18.4 Å². The first-order chi connectivity index (χ1) is 15.5. The van der Waals surface area contributed by atoms with E-state index in [1.54, 1.807) is 0 Å². The number of nitrogens with one attached hydrogen (secondary N) is 2. The molecule has 32 heavy (non-hydrogen) atoms. The first kappa shape index (κ1) is 21.6. The molecule has 0 saturated heterocycles. The fraction of sp³-hybridized carbons (Fsp3) is 0.259. The number of anilines is 1. The Balaban J connectivity index is 1.34. The molecule has 0 fully saturated rings. The molecule has 0 aliphatic carbocycles. The molecule has 0 bridgehead atoms. The van der Waals surface area contributed by atoms with Crippen LogP contribution in [0.3, 0.4) is 0 Å². The van der Waals surface area contributed by atoms with Gasteiger partial charge in [-0.15, -0.1) is 0 Å². The van der Waals surface area contributed by atoms with Crippen molar-refractivity contribution >= 4 is 17.5 Å². The van der Waals surface area contributed by atoms with Crippen molar-refractivity contribution in [1.82, 2.24) is 5.32 Å². The van der Waals surface area contributed by atoms with Crippen molar-refractivity contribution in [1.29, 1.82) is 0 Å². The Bertz CT molecular complexity index is 1040. The van der Waals surface area contributed by atoms with Gasteiger partial charge in [0.25, 0.3) is 0 Å². The van der Waals surface area contributed by atoms with Gasteiger partial charge in [0.2, 0.25) is 11.8 Å².